The highest BCUT2D eigenvalue weighted by Gasteiger charge is 2.22. The lowest BCUT2D eigenvalue weighted by Gasteiger charge is -2.29. The van der Waals surface area contributed by atoms with Crippen molar-refractivity contribution < 1.29 is 4.42 Å². The monoisotopic (exact) mass is 366 g/mol. The van der Waals surface area contributed by atoms with Crippen molar-refractivity contribution in [3.05, 3.63) is 21.0 Å². The van der Waals surface area contributed by atoms with Crippen molar-refractivity contribution in [2.24, 2.45) is 11.7 Å². The molecule has 0 saturated carbocycles. The Labute approximate surface area is 120 Å². The van der Waals surface area contributed by atoms with E-state index in [0.29, 0.717) is 12.5 Å². The van der Waals surface area contributed by atoms with Crippen molar-refractivity contribution in [1.29, 1.82) is 0 Å². The molecule has 1 aromatic heterocycles. The Kier molecular flexibility index (Phi) is 6.20. The molecule has 1 unspecified atom stereocenters. The van der Waals surface area contributed by atoms with Crippen LogP contribution in [0, 0.1) is 5.92 Å². The zero-order valence-corrected chi connectivity index (χ0v) is 13.7. The molecule has 2 N–H and O–H groups in total. The first-order valence-corrected chi connectivity index (χ1v) is 7.47. The largest absolute Gasteiger partial charge is 0.451 e. The van der Waals surface area contributed by atoms with Gasteiger partial charge in [-0.3, -0.25) is 4.90 Å². The summed E-state index contributed by atoms with van der Waals surface area (Å²) in [6, 6.07) is 2.13. The van der Waals surface area contributed by atoms with Crippen LogP contribution in [0.1, 0.15) is 32.6 Å². The Bertz CT molecular complexity index is 333. The van der Waals surface area contributed by atoms with E-state index in [0.717, 1.165) is 28.0 Å². The quantitative estimate of drug-likeness (QED) is 0.831. The van der Waals surface area contributed by atoms with Crippen LogP contribution < -0.4 is 5.73 Å². The molecule has 0 saturated heterocycles. The third-order valence-corrected chi connectivity index (χ3v) is 4.37. The summed E-state index contributed by atoms with van der Waals surface area (Å²) in [5.41, 5.74) is 5.88. The van der Waals surface area contributed by atoms with E-state index in [1.165, 1.54) is 0 Å². The summed E-state index contributed by atoms with van der Waals surface area (Å²) in [6.07, 6.45) is 0. The molecule has 0 radical (unpaired) electrons. The Morgan fingerprint density at radius 2 is 2.06 bits per heavy atom. The first kappa shape index (κ1) is 15.2. The van der Waals surface area contributed by atoms with Crippen molar-refractivity contribution >= 4 is 31.9 Å². The van der Waals surface area contributed by atoms with E-state index in [2.05, 4.69) is 57.5 Å². The zero-order valence-electron chi connectivity index (χ0n) is 10.5. The molecule has 0 amide bonds. The van der Waals surface area contributed by atoms with E-state index in [1.54, 1.807) is 0 Å². The van der Waals surface area contributed by atoms with Gasteiger partial charge < -0.3 is 10.2 Å². The molecular weight excluding hydrogens is 348 g/mol. The predicted octanol–water partition coefficient (Wildman–Crippen LogP) is 3.78. The smallest absolute Gasteiger partial charge is 0.183 e. The van der Waals surface area contributed by atoms with Crippen LogP contribution in [0.4, 0.5) is 0 Å². The fourth-order valence-corrected chi connectivity index (χ4v) is 2.53. The fourth-order valence-electron chi connectivity index (χ4n) is 1.92. The third kappa shape index (κ3) is 4.09. The number of rotatable bonds is 6. The van der Waals surface area contributed by atoms with Gasteiger partial charge in [0, 0.05) is 13.1 Å². The van der Waals surface area contributed by atoms with Gasteiger partial charge in [0.05, 0.1) is 10.5 Å². The van der Waals surface area contributed by atoms with Crippen molar-refractivity contribution in [2.45, 2.75) is 26.8 Å². The van der Waals surface area contributed by atoms with E-state index < -0.39 is 0 Å². The maximum absolute atomic E-state index is 5.88. The van der Waals surface area contributed by atoms with Crippen molar-refractivity contribution in [3.8, 4) is 0 Å². The van der Waals surface area contributed by atoms with Crippen molar-refractivity contribution in [3.63, 3.8) is 0 Å². The molecular formula is C12H20Br2N2O. The van der Waals surface area contributed by atoms with Crippen LogP contribution in [0.5, 0.6) is 0 Å². The molecule has 17 heavy (non-hydrogen) atoms. The van der Waals surface area contributed by atoms with Gasteiger partial charge in [-0.05, 0) is 50.4 Å². The molecule has 0 bridgehead atoms. The summed E-state index contributed by atoms with van der Waals surface area (Å²) in [7, 11) is 0. The van der Waals surface area contributed by atoms with Crippen LogP contribution in [0.15, 0.2) is 19.6 Å². The molecule has 0 aromatic carbocycles. The van der Waals surface area contributed by atoms with Crippen LogP contribution in [0.2, 0.25) is 0 Å². The van der Waals surface area contributed by atoms with Crippen LogP contribution in [0.3, 0.4) is 0 Å². The molecule has 0 aliphatic carbocycles. The van der Waals surface area contributed by atoms with E-state index >= 15 is 0 Å². The minimum atomic E-state index is 0.144. The molecule has 0 fully saturated rings. The van der Waals surface area contributed by atoms with Crippen LogP contribution in [-0.4, -0.2) is 24.5 Å². The summed E-state index contributed by atoms with van der Waals surface area (Å²) in [5, 5.41) is 0. The Balaban J connectivity index is 2.88. The van der Waals surface area contributed by atoms with Crippen LogP contribution in [0.25, 0.3) is 0 Å². The van der Waals surface area contributed by atoms with Crippen LogP contribution in [-0.2, 0) is 0 Å². The molecule has 1 heterocycles. The van der Waals surface area contributed by atoms with Gasteiger partial charge in [0.25, 0.3) is 0 Å². The van der Waals surface area contributed by atoms with E-state index in [1.807, 2.05) is 6.07 Å². The Morgan fingerprint density at radius 1 is 1.41 bits per heavy atom. The lowest BCUT2D eigenvalue weighted by molar-refractivity contribution is 0.168. The summed E-state index contributed by atoms with van der Waals surface area (Å²) < 4.78 is 7.34. The van der Waals surface area contributed by atoms with Gasteiger partial charge in [0.1, 0.15) is 5.76 Å². The SMILES string of the molecule is CCN(CC(C)C)C(CN)c1cc(Br)c(Br)o1. The fraction of sp³-hybridized carbons (Fsp3) is 0.667. The zero-order chi connectivity index (χ0) is 13.0. The van der Waals surface area contributed by atoms with Gasteiger partial charge in [-0.1, -0.05) is 20.8 Å². The molecule has 1 rings (SSSR count). The molecule has 98 valence electrons. The van der Waals surface area contributed by atoms with Gasteiger partial charge >= 0.3 is 0 Å². The molecule has 0 aliphatic heterocycles. The second kappa shape index (κ2) is 6.92. The molecule has 5 heteroatoms. The number of hydrogen-bond acceptors (Lipinski definition) is 3. The number of nitrogens with two attached hydrogens (primary N) is 1. The standard InChI is InChI=1S/C12H20Br2N2O/c1-4-16(7-8(2)3)10(6-15)11-5-9(13)12(14)17-11/h5,8,10H,4,6-7,15H2,1-3H3. The number of nitrogens with zero attached hydrogens (tertiary/aromatic N) is 1. The Morgan fingerprint density at radius 3 is 2.41 bits per heavy atom. The highest BCUT2D eigenvalue weighted by atomic mass is 79.9. The predicted molar refractivity (Wildman–Crippen MR) is 78.0 cm³/mol. The first-order valence-electron chi connectivity index (χ1n) is 5.88. The summed E-state index contributed by atoms with van der Waals surface area (Å²) in [5.74, 6) is 1.53. The third-order valence-electron chi connectivity index (χ3n) is 2.66. The average Bonchev–Trinajstić information content (AvgIpc) is 2.58. The van der Waals surface area contributed by atoms with E-state index in [9.17, 15) is 0 Å². The van der Waals surface area contributed by atoms with Gasteiger partial charge in [0.2, 0.25) is 0 Å². The van der Waals surface area contributed by atoms with E-state index in [4.69, 9.17) is 10.2 Å². The van der Waals surface area contributed by atoms with E-state index in [-0.39, 0.29) is 6.04 Å². The highest BCUT2D eigenvalue weighted by molar-refractivity contribution is 9.13. The number of furan rings is 1. The first-order chi connectivity index (χ1) is 7.99. The lowest BCUT2D eigenvalue weighted by atomic mass is 10.1. The molecule has 0 aliphatic rings. The molecule has 1 aromatic rings. The molecule has 0 spiro atoms. The number of likely N-dealkylation sites (N-methyl/N-ethyl adjacent to an activating group) is 1. The summed E-state index contributed by atoms with van der Waals surface area (Å²) in [4.78, 5) is 2.35. The van der Waals surface area contributed by atoms with Crippen molar-refractivity contribution in [2.75, 3.05) is 19.6 Å². The number of hydrogen-bond donors (Lipinski definition) is 1. The maximum atomic E-state index is 5.88. The van der Waals surface area contributed by atoms with Gasteiger partial charge in [-0.2, -0.15) is 0 Å². The second-order valence-electron chi connectivity index (χ2n) is 4.50. The second-order valence-corrected chi connectivity index (χ2v) is 6.08. The maximum Gasteiger partial charge on any atom is 0.183 e. The van der Waals surface area contributed by atoms with Gasteiger partial charge in [0.15, 0.2) is 4.67 Å². The van der Waals surface area contributed by atoms with Crippen molar-refractivity contribution in [1.82, 2.24) is 4.90 Å². The number of halogens is 2. The minimum absolute atomic E-state index is 0.144. The van der Waals surface area contributed by atoms with Gasteiger partial charge in [-0.15, -0.1) is 0 Å². The topological polar surface area (TPSA) is 42.4 Å². The lowest BCUT2D eigenvalue weighted by Crippen LogP contribution is -2.36. The molecule has 3 nitrogen and oxygen atoms in total. The Hall–Kier alpha value is 0.160. The average molecular weight is 368 g/mol. The van der Waals surface area contributed by atoms with Gasteiger partial charge in [-0.25, -0.2) is 0 Å². The normalized spacial score (nSPS) is 13.6. The highest BCUT2D eigenvalue weighted by Crippen LogP contribution is 2.32. The minimum Gasteiger partial charge on any atom is -0.451 e. The van der Waals surface area contributed by atoms with Crippen LogP contribution >= 0.6 is 31.9 Å². The summed E-state index contributed by atoms with van der Waals surface area (Å²) >= 11 is 6.80. The molecule has 1 atom stereocenters. The summed E-state index contributed by atoms with van der Waals surface area (Å²) in [6.45, 7) is 9.13.